The zero-order valence-corrected chi connectivity index (χ0v) is 22.1. The van der Waals surface area contributed by atoms with Crippen molar-refractivity contribution < 1.29 is 40.3 Å². The van der Waals surface area contributed by atoms with E-state index in [9.17, 15) is 40.3 Å². The number of amides is 2. The van der Waals surface area contributed by atoms with E-state index in [0.717, 1.165) is 6.07 Å². The van der Waals surface area contributed by atoms with Gasteiger partial charge in [-0.25, -0.2) is 4.39 Å². The van der Waals surface area contributed by atoms with Gasteiger partial charge in [0.25, 0.3) is 0 Å². The third kappa shape index (κ3) is 6.33. The number of hydrogen-bond donors (Lipinski definition) is 2. The van der Waals surface area contributed by atoms with Crippen LogP contribution < -0.4 is 10.6 Å². The van der Waals surface area contributed by atoms with Crippen molar-refractivity contribution in [3.8, 4) is 0 Å². The van der Waals surface area contributed by atoms with Gasteiger partial charge in [0.15, 0.2) is 0 Å². The first-order valence-corrected chi connectivity index (χ1v) is 15.8. The summed E-state index contributed by atoms with van der Waals surface area (Å²) in [6.45, 7) is 6.42. The van der Waals surface area contributed by atoms with Gasteiger partial charge in [-0.3, -0.25) is 14.3 Å². The minimum Gasteiger partial charge on any atom is -0.344 e. The molecule has 2 aliphatic carbocycles. The summed E-state index contributed by atoms with van der Waals surface area (Å²) >= 11 is 0. The number of fused-ring (bicyclic) bond motifs is 2. The van der Waals surface area contributed by atoms with Crippen LogP contribution in [-0.2, 0) is 21.9 Å². The lowest BCUT2D eigenvalue weighted by molar-refractivity contribution is -0.175. The molecule has 2 unspecified atom stereocenters. The van der Waals surface area contributed by atoms with Crippen molar-refractivity contribution >= 4 is 31.7 Å². The molecule has 2 fully saturated rings. The van der Waals surface area contributed by atoms with Gasteiger partial charge in [0.2, 0.25) is 5.91 Å². The van der Waals surface area contributed by atoms with Gasteiger partial charge in [0.05, 0.1) is 25.8 Å². The molecule has 0 saturated heterocycles. The van der Waals surface area contributed by atoms with Gasteiger partial charge >= 0.3 is 18.3 Å². The summed E-state index contributed by atoms with van der Waals surface area (Å²) in [5, 5.41) is 12.4. The van der Waals surface area contributed by atoms with Crippen molar-refractivity contribution in [2.75, 3.05) is 5.32 Å². The third-order valence-electron chi connectivity index (χ3n) is 6.80. The molecule has 7 nitrogen and oxygen atoms in total. The lowest BCUT2D eigenvalue weighted by Gasteiger charge is -2.30. The normalized spacial score (nSPS) is 24.3. The van der Waals surface area contributed by atoms with E-state index in [0.29, 0.717) is 42.4 Å². The number of carbonyl (C=O) groups is 2. The Bertz CT molecular complexity index is 1300. The summed E-state index contributed by atoms with van der Waals surface area (Å²) in [5.41, 5.74) is -0.928. The van der Waals surface area contributed by atoms with Crippen molar-refractivity contribution in [3.05, 3.63) is 47.0 Å². The van der Waals surface area contributed by atoms with Crippen LogP contribution in [0.2, 0.25) is 19.6 Å². The molecular formula is C24H26F7N5O2Si. The summed E-state index contributed by atoms with van der Waals surface area (Å²) in [5.74, 6) is -7.08. The van der Waals surface area contributed by atoms with Crippen LogP contribution in [0.4, 0.5) is 36.4 Å². The fourth-order valence-electron chi connectivity index (χ4n) is 5.38. The predicted octanol–water partition coefficient (Wildman–Crippen LogP) is 5.04. The Morgan fingerprint density at radius 1 is 1.10 bits per heavy atom. The molecule has 4 rings (SSSR count). The Kier molecular flexibility index (Phi) is 7.42. The Hall–Kier alpha value is -3.23. The Morgan fingerprint density at radius 2 is 1.77 bits per heavy atom. The van der Waals surface area contributed by atoms with Gasteiger partial charge < -0.3 is 10.6 Å². The van der Waals surface area contributed by atoms with Crippen LogP contribution in [-0.4, -0.2) is 47.1 Å². The predicted molar refractivity (Wildman–Crippen MR) is 129 cm³/mol. The van der Waals surface area contributed by atoms with E-state index in [1.165, 1.54) is 0 Å². The van der Waals surface area contributed by atoms with Crippen LogP contribution in [0.1, 0.15) is 24.1 Å². The largest absolute Gasteiger partial charge is 0.471 e. The molecule has 0 aliphatic heterocycles. The quantitative estimate of drug-likeness (QED) is 0.372. The van der Waals surface area contributed by atoms with Crippen molar-refractivity contribution in [3.63, 3.8) is 0 Å². The van der Waals surface area contributed by atoms with Gasteiger partial charge in [0.1, 0.15) is 11.5 Å². The van der Waals surface area contributed by atoms with Gasteiger partial charge in [0, 0.05) is 23.8 Å². The van der Waals surface area contributed by atoms with Crippen LogP contribution in [0.15, 0.2) is 30.0 Å². The molecule has 0 radical (unpaired) electrons. The second-order valence-electron chi connectivity index (χ2n) is 11.0. The molecule has 1 aromatic heterocycles. The molecule has 2 N–H and O–H groups in total. The number of hydrogen-bond acceptors (Lipinski definition) is 4. The lowest BCUT2D eigenvalue weighted by atomic mass is 9.83. The first-order valence-electron chi connectivity index (χ1n) is 12.1. The van der Waals surface area contributed by atoms with E-state index in [1.54, 1.807) is 17.0 Å². The van der Waals surface area contributed by atoms with Gasteiger partial charge in [-0.15, -0.1) is 5.10 Å². The van der Waals surface area contributed by atoms with Crippen molar-refractivity contribution in [1.82, 2.24) is 20.3 Å². The topological polar surface area (TPSA) is 88.9 Å². The Morgan fingerprint density at radius 3 is 2.38 bits per heavy atom. The molecule has 39 heavy (non-hydrogen) atoms. The zero-order chi connectivity index (χ0) is 28.9. The molecule has 2 amide bonds. The van der Waals surface area contributed by atoms with Crippen LogP contribution >= 0.6 is 0 Å². The number of anilines is 1. The SMILES string of the molecule is C[Si](C)(C)Cn1cc(/C=C2\C3CCC2[C@H](C(=O)Nc2ccc(F)c(C(F)(F)F)c2)[C@@H]3NC(=O)C(F)(F)F)nn1. The molecular weight excluding hydrogens is 551 g/mol. The monoisotopic (exact) mass is 577 g/mol. The number of carbonyl (C=O) groups excluding carboxylic acids is 2. The maximum Gasteiger partial charge on any atom is 0.471 e. The summed E-state index contributed by atoms with van der Waals surface area (Å²) in [6, 6.07) is 0.616. The summed E-state index contributed by atoms with van der Waals surface area (Å²) in [7, 11) is -1.53. The van der Waals surface area contributed by atoms with Crippen molar-refractivity contribution in [1.29, 1.82) is 0 Å². The highest BCUT2D eigenvalue weighted by atomic mass is 28.3. The molecule has 1 aromatic carbocycles. The smallest absolute Gasteiger partial charge is 0.344 e. The lowest BCUT2D eigenvalue weighted by Crippen LogP contribution is -2.51. The van der Waals surface area contributed by atoms with Crippen LogP contribution in [0, 0.1) is 23.6 Å². The van der Waals surface area contributed by atoms with E-state index >= 15 is 0 Å². The van der Waals surface area contributed by atoms with E-state index in [2.05, 4.69) is 35.3 Å². The summed E-state index contributed by atoms with van der Waals surface area (Å²) < 4.78 is 94.1. The first-order chi connectivity index (χ1) is 17.9. The number of alkyl halides is 6. The number of nitrogens with zero attached hydrogens (tertiary/aromatic N) is 3. The highest BCUT2D eigenvalue weighted by molar-refractivity contribution is 6.74. The van der Waals surface area contributed by atoms with E-state index in [1.807, 2.05) is 5.32 Å². The second-order valence-corrected chi connectivity index (χ2v) is 16.5. The zero-order valence-electron chi connectivity index (χ0n) is 21.1. The fraction of sp³-hybridized carbons (Fsp3) is 0.500. The number of nitrogens with one attached hydrogen (secondary N) is 2. The van der Waals surface area contributed by atoms with Crippen LogP contribution in [0.25, 0.3) is 6.08 Å². The average Bonchev–Trinajstić information content (AvgIpc) is 3.46. The molecule has 1 heterocycles. The van der Waals surface area contributed by atoms with Crippen molar-refractivity contribution in [2.45, 2.75) is 57.0 Å². The molecule has 2 saturated carbocycles. The first kappa shape index (κ1) is 28.8. The average molecular weight is 578 g/mol. The third-order valence-corrected chi connectivity index (χ3v) is 8.08. The number of aromatic nitrogens is 3. The Balaban J connectivity index is 1.65. The van der Waals surface area contributed by atoms with E-state index < -0.39 is 67.4 Å². The second kappa shape index (κ2) is 10.1. The van der Waals surface area contributed by atoms with Gasteiger partial charge in [-0.1, -0.05) is 30.4 Å². The standard InChI is InChI=1S/C24H26F7N5O2Si/c1-39(2,3)11-36-10-13(34-35-36)8-16-14-5-6-15(16)20(33-22(38)24(29,30)31)19(14)21(37)32-12-4-7-18(25)17(9-12)23(26,27)28/h4,7-10,14-15,19-20H,5-6,11H2,1-3H3,(H,32,37)(H,33,38)/b16-8-/t14?,15?,19-,20+/m0/s1. The highest BCUT2D eigenvalue weighted by Gasteiger charge is 2.56. The number of rotatable bonds is 6. The van der Waals surface area contributed by atoms with Crippen LogP contribution in [0.5, 0.6) is 0 Å². The van der Waals surface area contributed by atoms with Crippen molar-refractivity contribution in [2.24, 2.45) is 17.8 Å². The number of benzene rings is 1. The molecule has 212 valence electrons. The van der Waals surface area contributed by atoms with E-state index in [-0.39, 0.29) is 5.69 Å². The van der Waals surface area contributed by atoms with Gasteiger partial charge in [-0.05, 0) is 43.0 Å². The summed E-state index contributed by atoms with van der Waals surface area (Å²) in [6.07, 6.45) is -5.40. The minimum absolute atomic E-state index is 0.378. The van der Waals surface area contributed by atoms with Gasteiger partial charge in [-0.2, -0.15) is 26.3 Å². The molecule has 0 spiro atoms. The number of halogens is 7. The molecule has 4 atom stereocenters. The maximum atomic E-state index is 13.7. The molecule has 2 aromatic rings. The fourth-order valence-corrected chi connectivity index (χ4v) is 6.51. The maximum absolute atomic E-state index is 13.7. The van der Waals surface area contributed by atoms with E-state index in [4.69, 9.17) is 0 Å². The molecule has 15 heteroatoms. The Labute approximate surface area is 219 Å². The van der Waals surface area contributed by atoms with Crippen LogP contribution in [0.3, 0.4) is 0 Å². The molecule has 2 bridgehead atoms. The minimum atomic E-state index is -5.20. The molecule has 2 aliphatic rings. The highest BCUT2D eigenvalue weighted by Crippen LogP contribution is 2.53. The summed E-state index contributed by atoms with van der Waals surface area (Å²) in [4.78, 5) is 25.1.